The number of rotatable bonds is 5. The molecule has 0 radical (unpaired) electrons. The van der Waals surface area contributed by atoms with Crippen molar-refractivity contribution in [1.29, 1.82) is 0 Å². The zero-order valence-electron chi connectivity index (χ0n) is 21.0. The number of carbonyl (C=O) groups is 3. The molecule has 3 atom stereocenters. The van der Waals surface area contributed by atoms with Gasteiger partial charge in [-0.15, -0.1) is 11.3 Å². The molecule has 0 unspecified atom stereocenters. The van der Waals surface area contributed by atoms with Crippen LogP contribution in [0.1, 0.15) is 54.3 Å². The molecule has 1 aromatic heterocycles. The van der Waals surface area contributed by atoms with Gasteiger partial charge >= 0.3 is 0 Å². The van der Waals surface area contributed by atoms with E-state index >= 15 is 0 Å². The third-order valence-electron chi connectivity index (χ3n) is 7.47. The molecule has 0 bridgehead atoms. The van der Waals surface area contributed by atoms with E-state index in [1.54, 1.807) is 53.2 Å². The zero-order chi connectivity index (χ0) is 27.2. The fourth-order valence-corrected chi connectivity index (χ4v) is 6.48. The van der Waals surface area contributed by atoms with Gasteiger partial charge in [-0.05, 0) is 80.0 Å². The molecule has 200 valence electrons. The first kappa shape index (κ1) is 26.6. The van der Waals surface area contributed by atoms with Gasteiger partial charge in [0.05, 0.1) is 4.88 Å². The maximum Gasteiger partial charge on any atom is 0.270 e. The van der Waals surface area contributed by atoms with Crippen LogP contribution in [0.25, 0.3) is 10.1 Å². The molecule has 2 aliphatic rings. The number of amides is 3. The molecule has 0 aliphatic carbocycles. The van der Waals surface area contributed by atoms with Crippen LogP contribution in [0.3, 0.4) is 0 Å². The number of anilines is 1. The van der Waals surface area contributed by atoms with E-state index in [0.717, 1.165) is 26.2 Å². The Morgan fingerprint density at radius 1 is 1.08 bits per heavy atom. The molecule has 2 aromatic carbocycles. The van der Waals surface area contributed by atoms with Crippen molar-refractivity contribution < 1.29 is 23.2 Å². The van der Waals surface area contributed by atoms with Crippen LogP contribution in [-0.4, -0.2) is 47.8 Å². The fraction of sp³-hybridized carbons (Fsp3) is 0.393. The molecule has 1 N–H and O–H groups in total. The van der Waals surface area contributed by atoms with Gasteiger partial charge in [-0.2, -0.15) is 0 Å². The summed E-state index contributed by atoms with van der Waals surface area (Å²) >= 11 is 7.18. The van der Waals surface area contributed by atoms with Crippen LogP contribution in [0.5, 0.6) is 0 Å². The summed E-state index contributed by atoms with van der Waals surface area (Å²) in [5, 5.41) is 3.99. The van der Waals surface area contributed by atoms with Gasteiger partial charge in [-0.1, -0.05) is 17.7 Å². The molecular weight excluding hydrogens is 532 g/mol. The molecule has 6 nitrogen and oxygen atoms in total. The van der Waals surface area contributed by atoms with E-state index in [2.05, 4.69) is 5.32 Å². The highest BCUT2D eigenvalue weighted by atomic mass is 35.5. The summed E-state index contributed by atoms with van der Waals surface area (Å²) in [5.74, 6) is -3.83. The van der Waals surface area contributed by atoms with Crippen molar-refractivity contribution in [2.75, 3.05) is 11.9 Å². The highest BCUT2D eigenvalue weighted by molar-refractivity contribution is 7.20. The third kappa shape index (κ3) is 5.14. The number of alkyl halides is 2. The standard InChI is InChI=1S/C28H28ClF2N3O3S/c1-28(30,31)17-6-13-23-16(14-17)15-24(38-23)25(35)32-21-5-3-4-20-11-12-22(34(20)26(21)36)27(37)33(2)19-9-7-18(29)8-10-19/h6-10,13-15,20-22H,3-5,11-12H2,1-2H3,(H,32,35)/t20-,21-,22-/m0/s1. The molecule has 2 saturated heterocycles. The molecule has 3 heterocycles. The second-order valence-electron chi connectivity index (χ2n) is 10.1. The number of hydrogen-bond donors (Lipinski definition) is 1. The number of nitrogens with one attached hydrogen (secondary N) is 1. The second kappa shape index (κ2) is 10.3. The number of nitrogens with zero attached hydrogens (tertiary/aromatic N) is 2. The largest absolute Gasteiger partial charge is 0.340 e. The van der Waals surface area contributed by atoms with Gasteiger partial charge in [0.25, 0.3) is 11.8 Å². The van der Waals surface area contributed by atoms with Gasteiger partial charge in [0.15, 0.2) is 0 Å². The molecule has 2 aliphatic heterocycles. The summed E-state index contributed by atoms with van der Waals surface area (Å²) in [7, 11) is 1.68. The quantitative estimate of drug-likeness (QED) is 0.419. The van der Waals surface area contributed by atoms with E-state index in [9.17, 15) is 23.2 Å². The van der Waals surface area contributed by atoms with Gasteiger partial charge in [-0.3, -0.25) is 14.4 Å². The molecule has 5 rings (SSSR count). The number of thiophene rings is 1. The number of hydrogen-bond acceptors (Lipinski definition) is 4. The van der Waals surface area contributed by atoms with Gasteiger partial charge in [0.2, 0.25) is 11.8 Å². The van der Waals surface area contributed by atoms with Crippen LogP contribution in [0.4, 0.5) is 14.5 Å². The van der Waals surface area contributed by atoms with Crippen molar-refractivity contribution in [1.82, 2.24) is 10.2 Å². The average Bonchev–Trinajstić information content (AvgIpc) is 3.47. The highest BCUT2D eigenvalue weighted by Gasteiger charge is 2.45. The smallest absolute Gasteiger partial charge is 0.270 e. The van der Waals surface area contributed by atoms with Gasteiger partial charge in [0, 0.05) is 41.0 Å². The lowest BCUT2D eigenvalue weighted by molar-refractivity contribution is -0.140. The fourth-order valence-electron chi connectivity index (χ4n) is 5.41. The van der Waals surface area contributed by atoms with Crippen LogP contribution in [-0.2, 0) is 15.5 Å². The molecule has 0 spiro atoms. The maximum absolute atomic E-state index is 13.7. The van der Waals surface area contributed by atoms with E-state index in [-0.39, 0.29) is 23.4 Å². The minimum absolute atomic E-state index is 0.0459. The first-order valence-electron chi connectivity index (χ1n) is 12.6. The number of likely N-dealkylation sites (N-methyl/N-ethyl adjacent to an activating group) is 1. The molecular formula is C28H28ClF2N3O3S. The van der Waals surface area contributed by atoms with Crippen LogP contribution >= 0.6 is 22.9 Å². The Bertz CT molecular complexity index is 1390. The van der Waals surface area contributed by atoms with Crippen molar-refractivity contribution in [3.63, 3.8) is 0 Å². The van der Waals surface area contributed by atoms with Crippen molar-refractivity contribution in [2.24, 2.45) is 0 Å². The van der Waals surface area contributed by atoms with Crippen molar-refractivity contribution >= 4 is 56.4 Å². The van der Waals surface area contributed by atoms with E-state index in [4.69, 9.17) is 11.6 Å². The summed E-state index contributed by atoms with van der Waals surface area (Å²) in [4.78, 5) is 43.8. The topological polar surface area (TPSA) is 69.7 Å². The highest BCUT2D eigenvalue weighted by Crippen LogP contribution is 2.35. The summed E-state index contributed by atoms with van der Waals surface area (Å²) < 4.78 is 28.2. The molecule has 10 heteroatoms. The normalized spacial score (nSPS) is 21.8. The van der Waals surface area contributed by atoms with Crippen molar-refractivity contribution in [2.45, 2.75) is 63.1 Å². The Morgan fingerprint density at radius 2 is 1.82 bits per heavy atom. The Morgan fingerprint density at radius 3 is 2.53 bits per heavy atom. The average molecular weight is 560 g/mol. The molecule has 3 aromatic rings. The van der Waals surface area contributed by atoms with E-state index in [1.165, 1.54) is 23.5 Å². The van der Waals surface area contributed by atoms with Gasteiger partial charge in [0.1, 0.15) is 12.1 Å². The first-order valence-corrected chi connectivity index (χ1v) is 13.8. The van der Waals surface area contributed by atoms with Crippen LogP contribution in [0.2, 0.25) is 5.02 Å². The van der Waals surface area contributed by atoms with E-state index in [0.29, 0.717) is 38.5 Å². The Balaban J connectivity index is 1.33. The summed E-state index contributed by atoms with van der Waals surface area (Å²) in [6.45, 7) is 0.836. The lowest BCUT2D eigenvalue weighted by Gasteiger charge is -2.32. The third-order valence-corrected chi connectivity index (χ3v) is 8.83. The predicted molar refractivity (Wildman–Crippen MR) is 145 cm³/mol. The minimum Gasteiger partial charge on any atom is -0.340 e. The zero-order valence-corrected chi connectivity index (χ0v) is 22.6. The maximum atomic E-state index is 13.7. The first-order chi connectivity index (χ1) is 18.0. The van der Waals surface area contributed by atoms with Crippen molar-refractivity contribution in [3.05, 3.63) is 64.0 Å². The number of benzene rings is 2. The number of carbonyl (C=O) groups excluding carboxylic acids is 3. The van der Waals surface area contributed by atoms with Gasteiger partial charge in [-0.25, -0.2) is 8.78 Å². The second-order valence-corrected chi connectivity index (χ2v) is 11.6. The SMILES string of the molecule is CN(C(=O)[C@@H]1CC[C@@H]2CCC[C@H](NC(=O)c3cc4cc(C(C)(F)F)ccc4s3)C(=O)N21)c1ccc(Cl)cc1. The monoisotopic (exact) mass is 559 g/mol. The van der Waals surface area contributed by atoms with E-state index < -0.39 is 23.9 Å². The van der Waals surface area contributed by atoms with Crippen LogP contribution < -0.4 is 10.2 Å². The van der Waals surface area contributed by atoms with Crippen LogP contribution in [0.15, 0.2) is 48.5 Å². The van der Waals surface area contributed by atoms with Gasteiger partial charge < -0.3 is 15.1 Å². The Labute approximate surface area is 228 Å². The van der Waals surface area contributed by atoms with Crippen LogP contribution in [0, 0.1) is 0 Å². The lowest BCUT2D eigenvalue weighted by Crippen LogP contribution is -2.54. The summed E-state index contributed by atoms with van der Waals surface area (Å²) in [5.41, 5.74) is 0.566. The van der Waals surface area contributed by atoms with Crippen molar-refractivity contribution in [3.8, 4) is 0 Å². The number of halogens is 3. The number of fused-ring (bicyclic) bond motifs is 2. The predicted octanol–water partition coefficient (Wildman–Crippen LogP) is 5.97. The Hall–Kier alpha value is -3.04. The molecule has 3 amide bonds. The molecule has 2 fully saturated rings. The van der Waals surface area contributed by atoms with E-state index in [1.807, 2.05) is 0 Å². The summed E-state index contributed by atoms with van der Waals surface area (Å²) in [6.07, 6.45) is 3.28. The Kier molecular flexibility index (Phi) is 7.17. The summed E-state index contributed by atoms with van der Waals surface area (Å²) in [6, 6.07) is 11.4. The lowest BCUT2D eigenvalue weighted by atomic mass is 10.1. The minimum atomic E-state index is -2.98. The molecule has 38 heavy (non-hydrogen) atoms. The molecule has 0 saturated carbocycles.